The van der Waals surface area contributed by atoms with E-state index in [1.165, 1.54) is 24.3 Å². The summed E-state index contributed by atoms with van der Waals surface area (Å²) in [6.45, 7) is 0.194. The van der Waals surface area contributed by atoms with Crippen LogP contribution in [-0.2, 0) is 15.8 Å². The maximum Gasteiger partial charge on any atom is 0.416 e. The van der Waals surface area contributed by atoms with Gasteiger partial charge in [-0.1, -0.05) is 24.3 Å². The highest BCUT2D eigenvalue weighted by Gasteiger charge is 2.31. The average Bonchev–Trinajstić information content (AvgIpc) is 2.72. The summed E-state index contributed by atoms with van der Waals surface area (Å²) in [7, 11) is 0. The van der Waals surface area contributed by atoms with E-state index >= 15 is 0 Å². The Bertz CT molecular complexity index is 858. The fourth-order valence-corrected chi connectivity index (χ4v) is 2.62. The second kappa shape index (κ2) is 10.4. The smallest absolute Gasteiger partial charge is 0.380 e. The zero-order valence-electron chi connectivity index (χ0n) is 15.6. The summed E-state index contributed by atoms with van der Waals surface area (Å²) < 4.78 is 37.9. The van der Waals surface area contributed by atoms with E-state index < -0.39 is 35.8 Å². The zero-order chi connectivity index (χ0) is 22.3. The topological polar surface area (TPSA) is 98.7 Å². The van der Waals surface area contributed by atoms with Crippen molar-refractivity contribution in [1.29, 1.82) is 0 Å². The molecule has 2 aromatic rings. The molecule has 4 N–H and O–H groups in total. The van der Waals surface area contributed by atoms with Crippen LogP contribution in [0.25, 0.3) is 11.1 Å². The molecule has 0 saturated carbocycles. The van der Waals surface area contributed by atoms with Crippen LogP contribution in [0, 0.1) is 0 Å². The van der Waals surface area contributed by atoms with Gasteiger partial charge in [0.15, 0.2) is 12.2 Å². The first kappa shape index (κ1) is 23.7. The lowest BCUT2D eigenvalue weighted by Gasteiger charge is -2.17. The Balaban J connectivity index is 1.98. The van der Waals surface area contributed by atoms with Gasteiger partial charge in [0.05, 0.1) is 5.56 Å². The molecule has 10 heteroatoms. The van der Waals surface area contributed by atoms with E-state index in [2.05, 4.69) is 10.6 Å². The lowest BCUT2D eigenvalue weighted by Crippen LogP contribution is -2.47. The molecule has 0 heterocycles. The first-order chi connectivity index (χ1) is 14.1. The molecule has 0 aliphatic rings. The third-order valence-corrected chi connectivity index (χ3v) is 4.41. The Morgan fingerprint density at radius 1 is 0.900 bits per heavy atom. The minimum Gasteiger partial charge on any atom is -0.380 e. The number of rotatable bonds is 8. The lowest BCUT2D eigenvalue weighted by atomic mass is 10.0. The molecule has 0 bridgehead atoms. The fraction of sp³-hybridized carbons (Fsp3) is 0.300. The van der Waals surface area contributed by atoms with Crippen LogP contribution in [0.15, 0.2) is 48.5 Å². The minimum atomic E-state index is -4.42. The summed E-state index contributed by atoms with van der Waals surface area (Å²) in [6.07, 6.45) is -7.89. The molecule has 2 amide bonds. The second-order valence-corrected chi connectivity index (χ2v) is 6.74. The number of alkyl halides is 4. The zero-order valence-corrected chi connectivity index (χ0v) is 16.4. The van der Waals surface area contributed by atoms with Crippen LogP contribution in [0.3, 0.4) is 0 Å². The quantitative estimate of drug-likeness (QED) is 0.371. The predicted molar refractivity (Wildman–Crippen MR) is 106 cm³/mol. The Kier molecular flexibility index (Phi) is 8.22. The van der Waals surface area contributed by atoms with Gasteiger partial charge in [-0.05, 0) is 41.8 Å². The van der Waals surface area contributed by atoms with Crippen LogP contribution in [0.5, 0.6) is 0 Å². The molecule has 0 aliphatic heterocycles. The molecule has 162 valence electrons. The molecule has 0 saturated heterocycles. The van der Waals surface area contributed by atoms with Crippen LogP contribution in [-0.4, -0.2) is 46.7 Å². The van der Waals surface area contributed by atoms with E-state index in [1.807, 2.05) is 0 Å². The molecular formula is C20H20ClF3N2O4. The Labute approximate surface area is 175 Å². The van der Waals surface area contributed by atoms with Gasteiger partial charge in [-0.3, -0.25) is 9.59 Å². The van der Waals surface area contributed by atoms with Crippen molar-refractivity contribution in [2.24, 2.45) is 0 Å². The molecule has 0 radical (unpaired) electrons. The summed E-state index contributed by atoms with van der Waals surface area (Å²) in [6, 6.07) is 10.7. The monoisotopic (exact) mass is 444 g/mol. The maximum atomic E-state index is 12.6. The summed E-state index contributed by atoms with van der Waals surface area (Å²) >= 11 is 5.47. The number of aliphatic hydroxyl groups is 2. The van der Waals surface area contributed by atoms with Gasteiger partial charge in [0.2, 0.25) is 0 Å². The van der Waals surface area contributed by atoms with Crippen molar-refractivity contribution in [3.8, 4) is 11.1 Å². The van der Waals surface area contributed by atoms with Crippen LogP contribution in [0.1, 0.15) is 12.0 Å². The fourth-order valence-electron chi connectivity index (χ4n) is 2.48. The van der Waals surface area contributed by atoms with Gasteiger partial charge >= 0.3 is 6.18 Å². The minimum absolute atomic E-state index is 0.194. The second-order valence-electron chi connectivity index (χ2n) is 6.36. The predicted octanol–water partition coefficient (Wildman–Crippen LogP) is 2.78. The summed E-state index contributed by atoms with van der Waals surface area (Å²) in [5.41, 5.74) is 0.671. The van der Waals surface area contributed by atoms with Gasteiger partial charge in [0, 0.05) is 18.1 Å². The van der Waals surface area contributed by atoms with Crippen LogP contribution in [0.2, 0.25) is 0 Å². The van der Waals surface area contributed by atoms with E-state index in [0.29, 0.717) is 23.4 Å². The molecule has 30 heavy (non-hydrogen) atoms. The number of hydrogen-bond acceptors (Lipinski definition) is 4. The van der Waals surface area contributed by atoms with Gasteiger partial charge in [0.1, 0.15) is 0 Å². The molecule has 6 nitrogen and oxygen atoms in total. The van der Waals surface area contributed by atoms with Gasteiger partial charge in [0.25, 0.3) is 11.8 Å². The van der Waals surface area contributed by atoms with Crippen molar-refractivity contribution in [2.45, 2.75) is 24.8 Å². The number of anilines is 1. The Morgan fingerprint density at radius 3 is 1.90 bits per heavy atom. The number of benzene rings is 2. The molecule has 0 aliphatic carbocycles. The highest BCUT2D eigenvalue weighted by Crippen LogP contribution is 2.31. The Morgan fingerprint density at radius 2 is 1.40 bits per heavy atom. The van der Waals surface area contributed by atoms with Gasteiger partial charge in [-0.2, -0.15) is 13.2 Å². The number of hydrogen-bond donors (Lipinski definition) is 4. The van der Waals surface area contributed by atoms with Crippen LogP contribution < -0.4 is 10.6 Å². The van der Waals surface area contributed by atoms with Crippen LogP contribution in [0.4, 0.5) is 18.9 Å². The number of halogens is 4. The van der Waals surface area contributed by atoms with E-state index in [1.54, 1.807) is 12.1 Å². The summed E-state index contributed by atoms with van der Waals surface area (Å²) in [5, 5.41) is 24.3. The maximum absolute atomic E-state index is 12.6. The molecule has 2 atom stereocenters. The SMILES string of the molecule is O=C(Nc1ccc(-c2ccc(C(F)(F)F)cc2)cc1)C(O)[C@@H](O)C(=O)NCCCCl. The van der Waals surface area contributed by atoms with Crippen molar-refractivity contribution >= 4 is 29.1 Å². The first-order valence-electron chi connectivity index (χ1n) is 8.92. The normalized spacial score (nSPS) is 13.4. The van der Waals surface area contributed by atoms with Gasteiger partial charge in [-0.25, -0.2) is 0 Å². The number of nitrogens with one attached hydrogen (secondary N) is 2. The molecule has 0 spiro atoms. The standard InChI is InChI=1S/C20H20ClF3N2O4/c21-10-1-11-25-18(29)16(27)17(28)19(30)26-15-8-4-13(5-9-15)12-2-6-14(7-3-12)20(22,23)24/h2-9,16-17,27-28H,1,10-11H2,(H,25,29)(H,26,30)/t16-,17?/m1/s1. The van der Waals surface area contributed by atoms with Crippen molar-refractivity contribution in [3.05, 3.63) is 54.1 Å². The van der Waals surface area contributed by atoms with Gasteiger partial charge < -0.3 is 20.8 Å². The van der Waals surface area contributed by atoms with Crippen molar-refractivity contribution < 1.29 is 33.0 Å². The third kappa shape index (κ3) is 6.45. The highest BCUT2D eigenvalue weighted by atomic mass is 35.5. The van der Waals surface area contributed by atoms with Crippen molar-refractivity contribution in [3.63, 3.8) is 0 Å². The largest absolute Gasteiger partial charge is 0.416 e. The van der Waals surface area contributed by atoms with E-state index in [4.69, 9.17) is 11.6 Å². The molecule has 2 aromatic carbocycles. The number of carbonyl (C=O) groups is 2. The van der Waals surface area contributed by atoms with Crippen molar-refractivity contribution in [2.75, 3.05) is 17.7 Å². The van der Waals surface area contributed by atoms with Crippen LogP contribution >= 0.6 is 11.6 Å². The average molecular weight is 445 g/mol. The van der Waals surface area contributed by atoms with E-state index in [0.717, 1.165) is 12.1 Å². The molecule has 0 fully saturated rings. The lowest BCUT2D eigenvalue weighted by molar-refractivity contribution is -0.143. The first-order valence-corrected chi connectivity index (χ1v) is 9.45. The van der Waals surface area contributed by atoms with Crippen molar-refractivity contribution in [1.82, 2.24) is 5.32 Å². The molecular weight excluding hydrogens is 425 g/mol. The van der Waals surface area contributed by atoms with E-state index in [9.17, 15) is 33.0 Å². The number of amides is 2. The molecule has 0 aromatic heterocycles. The highest BCUT2D eigenvalue weighted by molar-refractivity contribution is 6.17. The van der Waals surface area contributed by atoms with E-state index in [-0.39, 0.29) is 12.2 Å². The summed E-state index contributed by atoms with van der Waals surface area (Å²) in [4.78, 5) is 23.7. The molecule has 1 unspecified atom stereocenters. The third-order valence-electron chi connectivity index (χ3n) is 4.14. The number of aliphatic hydroxyl groups excluding tert-OH is 2. The summed E-state index contributed by atoms with van der Waals surface area (Å²) in [5.74, 6) is -1.58. The Hall–Kier alpha value is -2.62. The van der Waals surface area contributed by atoms with Gasteiger partial charge in [-0.15, -0.1) is 11.6 Å². The molecule has 2 rings (SSSR count). The number of carbonyl (C=O) groups excluding carboxylic acids is 2.